The first-order valence-corrected chi connectivity index (χ1v) is 21.6. The Morgan fingerprint density at radius 3 is 2.21 bits per heavy atom. The van der Waals surface area contributed by atoms with Crippen LogP contribution in [-0.4, -0.2) is 126 Å². The fraction of sp³-hybridized carbons (Fsp3) is 0.822. The molecule has 0 spiro atoms. The van der Waals surface area contributed by atoms with Crippen LogP contribution in [-0.2, 0) is 42.9 Å². The number of esters is 1. The van der Waals surface area contributed by atoms with Gasteiger partial charge in [0.25, 0.3) is 11.7 Å². The lowest BCUT2D eigenvalue weighted by Gasteiger charge is -2.47. The van der Waals surface area contributed by atoms with Crippen LogP contribution in [0.25, 0.3) is 0 Å². The molecular formula is C45H73NO12. The van der Waals surface area contributed by atoms with Crippen LogP contribution in [0.15, 0.2) is 23.3 Å². The molecule has 2 bridgehead atoms. The summed E-state index contributed by atoms with van der Waals surface area (Å²) in [7, 11) is 4.64. The minimum atomic E-state index is -2.50. The number of hydrogen-bond donors (Lipinski definition) is 3. The summed E-state index contributed by atoms with van der Waals surface area (Å²) < 4.78 is 29.9. The number of rotatable bonds is 7. The van der Waals surface area contributed by atoms with E-state index in [-0.39, 0.29) is 55.4 Å². The molecule has 1 aliphatic carbocycles. The molecule has 2 saturated heterocycles. The maximum absolute atomic E-state index is 14.4. The number of aliphatic hydroxyl groups is 3. The van der Waals surface area contributed by atoms with Crippen LogP contribution in [0.5, 0.6) is 0 Å². The molecule has 3 N–H and O–H groups in total. The monoisotopic (exact) mass is 820 g/mol. The molecule has 14 atom stereocenters. The molecule has 13 heteroatoms. The van der Waals surface area contributed by atoms with Gasteiger partial charge in [-0.3, -0.25) is 14.4 Å². The molecule has 3 fully saturated rings. The number of fused-ring (bicyclic) bond motifs is 3. The molecule has 0 aromatic heterocycles. The predicted molar refractivity (Wildman–Crippen MR) is 217 cm³/mol. The van der Waals surface area contributed by atoms with Crippen LogP contribution in [0.4, 0.5) is 0 Å². The zero-order valence-corrected chi connectivity index (χ0v) is 36.7. The van der Waals surface area contributed by atoms with Gasteiger partial charge in [0.05, 0.1) is 30.5 Å². The van der Waals surface area contributed by atoms with Gasteiger partial charge in [0.1, 0.15) is 24.0 Å². The van der Waals surface area contributed by atoms with Crippen molar-refractivity contribution in [3.8, 4) is 0 Å². The van der Waals surface area contributed by atoms with Crippen molar-refractivity contribution < 1.29 is 58.2 Å². The van der Waals surface area contributed by atoms with Crippen molar-refractivity contribution in [1.82, 2.24) is 4.90 Å². The summed E-state index contributed by atoms with van der Waals surface area (Å²) in [6, 6.07) is -1.13. The summed E-state index contributed by atoms with van der Waals surface area (Å²) >= 11 is 0. The van der Waals surface area contributed by atoms with E-state index in [2.05, 4.69) is 20.8 Å². The number of amides is 1. The van der Waals surface area contributed by atoms with Gasteiger partial charge in [-0.2, -0.15) is 0 Å². The number of hydrogen-bond acceptors (Lipinski definition) is 12. The SMILES string of the molecule is CO[C@H]1C[C@@H](C)C/C(C)=C/[C@@H](CC(C)C)C(=O)C[C@H](O)[C@@H](C)[C@@H](/C(C)=C/[C@@H]2CC[C@@H](O)[C@H](OC)C2)OC(=O)[C@@H]2CCCCN2C(=O)C(=O)[C@]2(O)O[C@H]1[C@@H](OC)C[C@H]2C. The number of methoxy groups -OCH3 is 3. The zero-order valence-electron chi connectivity index (χ0n) is 36.7. The second-order valence-electron chi connectivity index (χ2n) is 18.4. The third-order valence-corrected chi connectivity index (χ3v) is 13.2. The highest BCUT2D eigenvalue weighted by molar-refractivity contribution is 6.39. The van der Waals surface area contributed by atoms with Gasteiger partial charge < -0.3 is 43.9 Å². The maximum Gasteiger partial charge on any atom is 0.329 e. The molecule has 3 heterocycles. The summed E-state index contributed by atoms with van der Waals surface area (Å²) in [4.78, 5) is 58.1. The van der Waals surface area contributed by atoms with Crippen LogP contribution in [0.2, 0.25) is 0 Å². The number of carbonyl (C=O) groups excluding carboxylic acids is 4. The highest BCUT2D eigenvalue weighted by Gasteiger charge is 2.56. The van der Waals surface area contributed by atoms with E-state index in [1.54, 1.807) is 21.0 Å². The van der Waals surface area contributed by atoms with Crippen molar-refractivity contribution in [2.75, 3.05) is 27.9 Å². The number of ketones is 2. The van der Waals surface area contributed by atoms with Crippen molar-refractivity contribution in [2.45, 2.75) is 174 Å². The summed E-state index contributed by atoms with van der Waals surface area (Å²) in [6.45, 7) is 13.5. The summed E-state index contributed by atoms with van der Waals surface area (Å²) in [5, 5.41) is 34.3. The van der Waals surface area contributed by atoms with Crippen LogP contribution < -0.4 is 0 Å². The third kappa shape index (κ3) is 11.6. The fourth-order valence-corrected chi connectivity index (χ4v) is 9.75. The Morgan fingerprint density at radius 2 is 1.57 bits per heavy atom. The van der Waals surface area contributed by atoms with Gasteiger partial charge in [-0.25, -0.2) is 4.79 Å². The van der Waals surface area contributed by atoms with Gasteiger partial charge in [-0.05, 0) is 101 Å². The van der Waals surface area contributed by atoms with Crippen LogP contribution in [0.3, 0.4) is 0 Å². The summed E-state index contributed by atoms with van der Waals surface area (Å²) in [6.07, 6.45) is 3.78. The van der Waals surface area contributed by atoms with E-state index in [0.29, 0.717) is 56.9 Å². The van der Waals surface area contributed by atoms with E-state index in [1.165, 1.54) is 19.1 Å². The number of cyclic esters (lactones) is 1. The van der Waals surface area contributed by atoms with Crippen molar-refractivity contribution in [3.63, 3.8) is 0 Å². The largest absolute Gasteiger partial charge is 0.456 e. The molecule has 4 rings (SSSR count). The van der Waals surface area contributed by atoms with E-state index < -0.39 is 83.9 Å². The number of aliphatic hydroxyl groups excluding tert-OH is 2. The molecule has 13 nitrogen and oxygen atoms in total. The number of carbonyl (C=O) groups is 4. The van der Waals surface area contributed by atoms with Crippen molar-refractivity contribution in [2.24, 2.45) is 35.5 Å². The summed E-state index contributed by atoms with van der Waals surface area (Å²) in [5.41, 5.74) is 1.67. The number of ether oxygens (including phenoxy) is 5. The fourth-order valence-electron chi connectivity index (χ4n) is 9.75. The highest BCUT2D eigenvalue weighted by Crippen LogP contribution is 2.39. The van der Waals surface area contributed by atoms with Gasteiger partial charge in [0.15, 0.2) is 0 Å². The first kappa shape index (κ1) is 48.1. The number of nitrogens with zero attached hydrogens (tertiary/aromatic N) is 1. The third-order valence-electron chi connectivity index (χ3n) is 13.2. The quantitative estimate of drug-likeness (QED) is 0.176. The minimum Gasteiger partial charge on any atom is -0.456 e. The van der Waals surface area contributed by atoms with Crippen molar-refractivity contribution in [3.05, 3.63) is 23.3 Å². The maximum atomic E-state index is 14.4. The molecule has 0 aromatic rings. The lowest BCUT2D eigenvalue weighted by molar-refractivity contribution is -0.302. The standard InChI is InChI=1S/C45H73NO12/c1-25(2)17-32-19-26(3)18-27(4)20-38(55-9)41-39(56-10)22-29(6)45(53,58-41)42(50)43(51)46-16-12-11-13-33(46)44(52)57-40(30(7)35(48)24-36(32)49)28(5)21-31-14-15-34(47)37(23-31)54-8/h19,21,25,27,29-35,37-41,47-48,53H,11-18,20,22-24H2,1-10H3/b26-19+,28-21+/t27-,29+,30+,31-,32+,33-,34+,35-,37+,38-,39-,40+,41+,45+/m0/s1. The average molecular weight is 820 g/mol. The molecular weight excluding hydrogens is 746 g/mol. The molecule has 4 aliphatic rings. The topological polar surface area (TPSA) is 178 Å². The second-order valence-corrected chi connectivity index (χ2v) is 18.4. The van der Waals surface area contributed by atoms with Crippen LogP contribution in [0.1, 0.15) is 119 Å². The van der Waals surface area contributed by atoms with Gasteiger partial charge in [-0.1, -0.05) is 52.3 Å². The Kier molecular flexibility index (Phi) is 17.7. The van der Waals surface area contributed by atoms with Gasteiger partial charge in [0, 0.05) is 52.0 Å². The van der Waals surface area contributed by atoms with E-state index in [4.69, 9.17) is 23.7 Å². The smallest absolute Gasteiger partial charge is 0.329 e. The van der Waals surface area contributed by atoms with E-state index in [0.717, 1.165) is 5.57 Å². The van der Waals surface area contributed by atoms with Crippen LogP contribution >= 0.6 is 0 Å². The van der Waals surface area contributed by atoms with Gasteiger partial charge in [0.2, 0.25) is 5.79 Å². The molecule has 330 valence electrons. The van der Waals surface area contributed by atoms with Crippen molar-refractivity contribution in [1.29, 1.82) is 0 Å². The molecule has 0 unspecified atom stereocenters. The first-order valence-electron chi connectivity index (χ1n) is 21.6. The predicted octanol–water partition coefficient (Wildman–Crippen LogP) is 5.11. The van der Waals surface area contributed by atoms with E-state index >= 15 is 0 Å². The molecule has 58 heavy (non-hydrogen) atoms. The Labute approximate surface area is 346 Å². The second kappa shape index (κ2) is 21.3. The normalized spacial score (nSPS) is 40.7. The highest BCUT2D eigenvalue weighted by atomic mass is 16.7. The zero-order chi connectivity index (χ0) is 43.1. The van der Waals surface area contributed by atoms with E-state index in [9.17, 15) is 34.5 Å². The molecule has 0 aromatic carbocycles. The lowest BCUT2D eigenvalue weighted by Crippen LogP contribution is -2.64. The minimum absolute atomic E-state index is 0.00284. The Balaban J connectivity index is 1.79. The molecule has 0 radical (unpaired) electrons. The van der Waals surface area contributed by atoms with Crippen LogP contribution in [0, 0.1) is 35.5 Å². The van der Waals surface area contributed by atoms with Crippen molar-refractivity contribution >= 4 is 23.4 Å². The van der Waals surface area contributed by atoms with E-state index in [1.807, 2.05) is 26.0 Å². The number of piperidine rings is 1. The Morgan fingerprint density at radius 1 is 0.914 bits per heavy atom. The Bertz CT molecular complexity index is 1480. The number of Topliss-reactive ketones (excluding diaryl/α,β-unsaturated/α-hetero) is 2. The molecule has 1 saturated carbocycles. The van der Waals surface area contributed by atoms with Gasteiger partial charge >= 0.3 is 5.97 Å². The summed E-state index contributed by atoms with van der Waals surface area (Å²) in [5.74, 6) is -7.30. The molecule has 3 aliphatic heterocycles. The average Bonchev–Trinajstić information content (AvgIpc) is 3.18. The lowest BCUT2D eigenvalue weighted by atomic mass is 9.81. The van der Waals surface area contributed by atoms with Gasteiger partial charge in [-0.15, -0.1) is 0 Å². The molecule has 1 amide bonds. The number of allylic oxidation sites excluding steroid dienone is 3. The first-order chi connectivity index (χ1) is 27.3. The Hall–Kier alpha value is -2.52.